The van der Waals surface area contributed by atoms with Crippen molar-refractivity contribution in [3.8, 4) is 0 Å². The first-order valence-electron chi connectivity index (χ1n) is 8.82. The van der Waals surface area contributed by atoms with E-state index in [1.807, 2.05) is 39.7 Å². The summed E-state index contributed by atoms with van der Waals surface area (Å²) >= 11 is 0. The van der Waals surface area contributed by atoms with Crippen LogP contribution in [0.3, 0.4) is 0 Å². The van der Waals surface area contributed by atoms with Crippen LogP contribution in [0.25, 0.3) is 0 Å². The molecule has 7 heteroatoms. The molecule has 1 rings (SSSR count). The number of allylic oxidation sites excluding steroid dienone is 1. The number of rotatable bonds is 7. The van der Waals surface area contributed by atoms with Gasteiger partial charge in [0.15, 0.2) is 0 Å². The number of ether oxygens (including phenoxy) is 1. The zero-order valence-corrected chi connectivity index (χ0v) is 16.6. The Morgan fingerprint density at radius 3 is 2.20 bits per heavy atom. The van der Waals surface area contributed by atoms with Gasteiger partial charge in [-0.2, -0.15) is 0 Å². The Hall–Kier alpha value is -1.34. The summed E-state index contributed by atoms with van der Waals surface area (Å²) in [5, 5.41) is 0. The number of unbranched alkanes of at least 4 members (excludes halogenated alkanes) is 1. The van der Waals surface area contributed by atoms with Crippen molar-refractivity contribution >= 4 is 19.5 Å². The summed E-state index contributed by atoms with van der Waals surface area (Å²) in [5.74, 6) is 1.90. The molecule has 1 fully saturated rings. The van der Waals surface area contributed by atoms with Gasteiger partial charge < -0.3 is 23.7 Å². The van der Waals surface area contributed by atoms with Crippen molar-refractivity contribution in [2.75, 3.05) is 13.1 Å². The molecule has 1 amide bonds. The van der Waals surface area contributed by atoms with Crippen molar-refractivity contribution in [2.45, 2.75) is 78.1 Å². The fourth-order valence-electron chi connectivity index (χ4n) is 2.25. The summed E-state index contributed by atoms with van der Waals surface area (Å²) in [6.45, 7) is 14.0. The first kappa shape index (κ1) is 21.7. The number of amides is 1. The predicted molar refractivity (Wildman–Crippen MR) is 98.3 cm³/mol. The van der Waals surface area contributed by atoms with E-state index in [4.69, 9.17) is 14.0 Å². The molecule has 0 bridgehead atoms. The van der Waals surface area contributed by atoms with Gasteiger partial charge >= 0.3 is 13.2 Å². The summed E-state index contributed by atoms with van der Waals surface area (Å²) in [7, 11) is -0.359. The molecule has 0 saturated carbocycles. The van der Waals surface area contributed by atoms with Crippen LogP contribution in [0.2, 0.25) is 0 Å². The molecule has 0 radical (unpaired) electrons. The highest BCUT2D eigenvalue weighted by molar-refractivity contribution is 6.51. The maximum absolute atomic E-state index is 12.1. The molecule has 0 aliphatic carbocycles. The lowest BCUT2D eigenvalue weighted by molar-refractivity contribution is -0.109. The van der Waals surface area contributed by atoms with E-state index >= 15 is 0 Å². The minimum atomic E-state index is -0.575. The first-order chi connectivity index (χ1) is 11.4. The molecule has 142 valence electrons. The molecule has 6 nitrogen and oxygen atoms in total. The number of carbonyl (C=O) groups is 2. The van der Waals surface area contributed by atoms with Crippen LogP contribution in [0.15, 0.2) is 12.1 Å². The average molecular weight is 353 g/mol. The number of nitrogens with zero attached hydrogens (tertiary/aromatic N) is 1. The zero-order valence-electron chi connectivity index (χ0n) is 16.6. The summed E-state index contributed by atoms with van der Waals surface area (Å²) in [5.41, 5.74) is -1.27. The van der Waals surface area contributed by atoms with Gasteiger partial charge in [0.2, 0.25) is 0 Å². The Morgan fingerprint density at radius 1 is 1.16 bits per heavy atom. The molecule has 0 unspecified atom stereocenters. The molecule has 1 heterocycles. The third kappa shape index (κ3) is 6.82. The second-order valence-electron chi connectivity index (χ2n) is 8.29. The van der Waals surface area contributed by atoms with Gasteiger partial charge in [-0.15, -0.1) is 0 Å². The molecule has 0 aromatic rings. The minimum absolute atomic E-state index is 0.0376. The highest BCUT2D eigenvalue weighted by Gasteiger charge is 2.49. The van der Waals surface area contributed by atoms with Gasteiger partial charge in [-0.25, -0.2) is 4.79 Å². The van der Waals surface area contributed by atoms with Gasteiger partial charge in [0, 0.05) is 6.54 Å². The molecule has 1 aliphatic heterocycles. The molecule has 1 saturated heterocycles. The summed E-state index contributed by atoms with van der Waals surface area (Å²) in [6.07, 6.45) is 3.71. The van der Waals surface area contributed by atoms with E-state index in [0.29, 0.717) is 12.8 Å². The zero-order chi connectivity index (χ0) is 19.3. The van der Waals surface area contributed by atoms with Crippen LogP contribution >= 0.6 is 0 Å². The summed E-state index contributed by atoms with van der Waals surface area (Å²) in [6, 6.07) is 0. The average Bonchev–Trinajstić information content (AvgIpc) is 2.63. The minimum Gasteiger partial charge on any atom is -0.444 e. The van der Waals surface area contributed by atoms with Crippen molar-refractivity contribution in [2.24, 2.45) is 0 Å². The van der Waals surface area contributed by atoms with Crippen molar-refractivity contribution in [1.29, 1.82) is 0 Å². The lowest BCUT2D eigenvalue weighted by Crippen LogP contribution is -2.41. The topological polar surface area (TPSA) is 65.1 Å². The first-order valence-corrected chi connectivity index (χ1v) is 8.82. The van der Waals surface area contributed by atoms with Gasteiger partial charge in [-0.05, 0) is 61.3 Å². The Morgan fingerprint density at radius 2 is 1.72 bits per heavy atom. The van der Waals surface area contributed by atoms with Crippen molar-refractivity contribution in [3.05, 3.63) is 12.1 Å². The molecule has 0 N–H and O–H groups in total. The molecule has 25 heavy (non-hydrogen) atoms. The molecule has 0 spiro atoms. The Kier molecular flexibility index (Phi) is 7.26. The van der Waals surface area contributed by atoms with Gasteiger partial charge in [0.05, 0.1) is 17.7 Å². The fraction of sp³-hybridized carbons (Fsp3) is 0.778. The lowest BCUT2D eigenvalue weighted by Gasteiger charge is -2.32. The van der Waals surface area contributed by atoms with E-state index in [1.54, 1.807) is 20.8 Å². The maximum atomic E-state index is 12.1. The van der Waals surface area contributed by atoms with Crippen LogP contribution in [0.1, 0.15) is 61.3 Å². The van der Waals surface area contributed by atoms with E-state index in [9.17, 15) is 9.59 Å². The monoisotopic (exact) mass is 353 g/mol. The quantitative estimate of drug-likeness (QED) is 0.399. The molecule has 0 aromatic carbocycles. The maximum Gasteiger partial charge on any atom is 0.486 e. The third-order valence-corrected chi connectivity index (χ3v) is 4.31. The van der Waals surface area contributed by atoms with Crippen LogP contribution in [0.5, 0.6) is 0 Å². The molecular formula is C18H32BNO5. The molecule has 1 aliphatic rings. The number of aldehydes is 1. The van der Waals surface area contributed by atoms with Crippen LogP contribution in [0.4, 0.5) is 4.79 Å². The Balaban J connectivity index is 2.42. The van der Waals surface area contributed by atoms with Crippen molar-refractivity contribution in [3.63, 3.8) is 0 Å². The lowest BCUT2D eigenvalue weighted by atomic mass is 9.89. The normalized spacial score (nSPS) is 19.2. The number of hydrogen-bond donors (Lipinski definition) is 0. The second-order valence-corrected chi connectivity index (χ2v) is 8.29. The third-order valence-electron chi connectivity index (χ3n) is 4.31. The fourth-order valence-corrected chi connectivity index (χ4v) is 2.25. The second kappa shape index (κ2) is 8.36. The number of carbonyl (C=O) groups excluding carboxylic acids is 2. The molecular weight excluding hydrogens is 321 g/mol. The van der Waals surface area contributed by atoms with Gasteiger partial charge in [0.1, 0.15) is 11.9 Å². The van der Waals surface area contributed by atoms with Crippen LogP contribution in [-0.4, -0.2) is 54.3 Å². The van der Waals surface area contributed by atoms with Gasteiger partial charge in [-0.1, -0.05) is 12.1 Å². The van der Waals surface area contributed by atoms with E-state index in [-0.39, 0.29) is 24.9 Å². The van der Waals surface area contributed by atoms with E-state index < -0.39 is 11.7 Å². The summed E-state index contributed by atoms with van der Waals surface area (Å²) < 4.78 is 17.1. The van der Waals surface area contributed by atoms with Gasteiger partial charge in [0.25, 0.3) is 0 Å². The van der Waals surface area contributed by atoms with Crippen LogP contribution in [0, 0.1) is 0 Å². The van der Waals surface area contributed by atoms with Crippen LogP contribution in [-0.2, 0) is 18.8 Å². The Labute approximate surface area is 152 Å². The number of hydrogen-bond acceptors (Lipinski definition) is 5. The van der Waals surface area contributed by atoms with Gasteiger partial charge in [-0.3, -0.25) is 0 Å². The van der Waals surface area contributed by atoms with Crippen molar-refractivity contribution in [1.82, 2.24) is 4.90 Å². The van der Waals surface area contributed by atoms with E-state index in [2.05, 4.69) is 0 Å². The largest absolute Gasteiger partial charge is 0.486 e. The highest BCUT2D eigenvalue weighted by atomic mass is 16.7. The van der Waals surface area contributed by atoms with Crippen molar-refractivity contribution < 1.29 is 23.6 Å². The Bertz CT molecular complexity index is 480. The highest BCUT2D eigenvalue weighted by Crippen LogP contribution is 2.36. The predicted octanol–water partition coefficient (Wildman–Crippen LogP) is 3.39. The molecule has 0 aromatic heterocycles. The standard InChI is InChI=1S/C18H32BNO5/c1-16(2,3)23-15(22)20(13-14-21)12-10-8-9-11-19-24-17(4,5)18(6,7)25-19/h9,11,14H,8,10,12-13H2,1-7H3/b11-9+. The molecule has 0 atom stereocenters. The van der Waals surface area contributed by atoms with E-state index in [1.165, 1.54) is 4.90 Å². The smallest absolute Gasteiger partial charge is 0.444 e. The SMILES string of the molecule is CC(C)(C)OC(=O)N(CC=O)CCC/C=C/B1OC(C)(C)C(C)(C)O1. The van der Waals surface area contributed by atoms with Crippen LogP contribution < -0.4 is 0 Å². The van der Waals surface area contributed by atoms with E-state index in [0.717, 1.165) is 12.8 Å². The summed E-state index contributed by atoms with van der Waals surface area (Å²) in [4.78, 5) is 24.2.